The van der Waals surface area contributed by atoms with Crippen LogP contribution in [0.5, 0.6) is 23.0 Å². The smallest absolute Gasteiger partial charge is 0.419 e. The van der Waals surface area contributed by atoms with Gasteiger partial charge in [0.1, 0.15) is 23.0 Å². The molecule has 0 amide bonds. The lowest BCUT2D eigenvalue weighted by molar-refractivity contribution is -0.285. The topological polar surface area (TPSA) is 89.5 Å². The Morgan fingerprint density at radius 1 is 0.467 bits per heavy atom. The number of para-hydroxylation sites is 2. The molecule has 60 heavy (non-hydrogen) atoms. The number of hydrogen-bond donors (Lipinski definition) is 0. The third-order valence-corrected chi connectivity index (χ3v) is 9.96. The highest BCUT2D eigenvalue weighted by Gasteiger charge is 2.41. The fourth-order valence-corrected chi connectivity index (χ4v) is 6.97. The maximum Gasteiger partial charge on any atom is 0.419 e. The van der Waals surface area contributed by atoms with E-state index in [-0.39, 0.29) is 12.8 Å². The van der Waals surface area contributed by atoms with Crippen LogP contribution in [-0.2, 0) is 19.1 Å². The van der Waals surface area contributed by atoms with Crippen LogP contribution in [0.3, 0.4) is 0 Å². The lowest BCUT2D eigenvalue weighted by Gasteiger charge is -2.34. The summed E-state index contributed by atoms with van der Waals surface area (Å²) in [7, 11) is 0. The SMILES string of the molecule is C=CC(=O)OC(CC)(Oc1ccccc1-c1ccccc1)Oc1c(C)cc(-c2cc(C)c(OC(CC)(OC(=O)C=C)Oc3ccccc3-c3ccccc3)c(C)c2)cc1C. The van der Waals surface area contributed by atoms with Crippen molar-refractivity contribution in [1.82, 2.24) is 0 Å². The van der Waals surface area contributed by atoms with Crippen LogP contribution < -0.4 is 18.9 Å². The minimum Gasteiger partial charge on any atom is -0.420 e. The highest BCUT2D eigenvalue weighted by atomic mass is 16.9. The van der Waals surface area contributed by atoms with Gasteiger partial charge in [0.25, 0.3) is 0 Å². The van der Waals surface area contributed by atoms with E-state index < -0.39 is 23.9 Å². The van der Waals surface area contributed by atoms with Gasteiger partial charge in [-0.2, -0.15) is 0 Å². The summed E-state index contributed by atoms with van der Waals surface area (Å²) in [5, 5.41) is 0. The first kappa shape index (κ1) is 42.5. The third-order valence-electron chi connectivity index (χ3n) is 9.96. The Balaban J connectivity index is 1.33. The number of hydrogen-bond acceptors (Lipinski definition) is 8. The van der Waals surface area contributed by atoms with Gasteiger partial charge in [0.15, 0.2) is 0 Å². The van der Waals surface area contributed by atoms with E-state index in [1.165, 1.54) is 0 Å². The summed E-state index contributed by atoms with van der Waals surface area (Å²) in [6.07, 6.45) is 2.51. The van der Waals surface area contributed by atoms with Gasteiger partial charge in [-0.05, 0) is 109 Å². The van der Waals surface area contributed by atoms with Crippen LogP contribution >= 0.6 is 0 Å². The Morgan fingerprint density at radius 2 is 0.783 bits per heavy atom. The molecule has 0 heterocycles. The van der Waals surface area contributed by atoms with Crippen molar-refractivity contribution >= 4 is 11.9 Å². The number of ether oxygens (including phenoxy) is 6. The molecule has 8 nitrogen and oxygen atoms in total. The number of rotatable bonds is 17. The highest BCUT2D eigenvalue weighted by Crippen LogP contribution is 2.41. The van der Waals surface area contributed by atoms with E-state index in [1.54, 1.807) is 0 Å². The molecule has 0 radical (unpaired) electrons. The second-order valence-electron chi connectivity index (χ2n) is 14.3. The van der Waals surface area contributed by atoms with Gasteiger partial charge in [-0.1, -0.05) is 124 Å². The number of carbonyl (C=O) groups is 2. The van der Waals surface area contributed by atoms with Crippen molar-refractivity contribution < 1.29 is 38.0 Å². The first-order valence-electron chi connectivity index (χ1n) is 19.9. The van der Waals surface area contributed by atoms with Gasteiger partial charge in [-0.25, -0.2) is 9.59 Å². The fourth-order valence-electron chi connectivity index (χ4n) is 6.97. The van der Waals surface area contributed by atoms with Gasteiger partial charge in [-0.15, -0.1) is 0 Å². The van der Waals surface area contributed by atoms with E-state index in [0.29, 0.717) is 23.0 Å². The predicted octanol–water partition coefficient (Wildman–Crippen LogP) is 12.4. The Bertz CT molecular complexity index is 2270. The lowest BCUT2D eigenvalue weighted by atomic mass is 9.96. The van der Waals surface area contributed by atoms with Crippen molar-refractivity contribution in [1.29, 1.82) is 0 Å². The molecule has 306 valence electrons. The summed E-state index contributed by atoms with van der Waals surface area (Å²) >= 11 is 0. The second-order valence-corrected chi connectivity index (χ2v) is 14.3. The number of aryl methyl sites for hydroxylation is 4. The van der Waals surface area contributed by atoms with Crippen LogP contribution in [0.1, 0.15) is 48.9 Å². The zero-order chi connectivity index (χ0) is 42.9. The van der Waals surface area contributed by atoms with Crippen LogP contribution in [0.25, 0.3) is 33.4 Å². The van der Waals surface area contributed by atoms with Crippen molar-refractivity contribution in [3.8, 4) is 56.4 Å². The number of esters is 2. The minimum atomic E-state index is -1.82. The van der Waals surface area contributed by atoms with E-state index in [9.17, 15) is 9.59 Å². The predicted molar refractivity (Wildman–Crippen MR) is 236 cm³/mol. The normalized spacial score (nSPS) is 12.8. The van der Waals surface area contributed by atoms with Crippen LogP contribution in [-0.4, -0.2) is 23.9 Å². The molecule has 0 aliphatic carbocycles. The summed E-state index contributed by atoms with van der Waals surface area (Å²) in [4.78, 5) is 25.6. The Labute approximate surface area is 352 Å². The molecule has 0 saturated carbocycles. The maximum atomic E-state index is 12.8. The van der Waals surface area contributed by atoms with E-state index in [1.807, 2.05) is 175 Å². The van der Waals surface area contributed by atoms with Gasteiger partial charge >= 0.3 is 23.9 Å². The van der Waals surface area contributed by atoms with Crippen LogP contribution in [0.2, 0.25) is 0 Å². The van der Waals surface area contributed by atoms with Crippen molar-refractivity contribution in [3.05, 3.63) is 181 Å². The van der Waals surface area contributed by atoms with Crippen molar-refractivity contribution in [3.63, 3.8) is 0 Å². The molecule has 0 aliphatic rings. The summed E-state index contributed by atoms with van der Waals surface area (Å²) in [6, 6.07) is 42.8. The molecule has 6 aromatic carbocycles. The summed E-state index contributed by atoms with van der Waals surface area (Å²) in [5.41, 5.74) is 8.51. The zero-order valence-electron chi connectivity index (χ0n) is 35.0. The van der Waals surface area contributed by atoms with Crippen molar-refractivity contribution in [2.45, 2.75) is 66.3 Å². The average Bonchev–Trinajstić information content (AvgIpc) is 3.26. The summed E-state index contributed by atoms with van der Waals surface area (Å²) in [6.45, 7) is 18.6. The average molecular weight is 803 g/mol. The molecule has 0 spiro atoms. The first-order valence-corrected chi connectivity index (χ1v) is 19.9. The molecule has 2 atom stereocenters. The van der Waals surface area contributed by atoms with Crippen molar-refractivity contribution in [2.24, 2.45) is 0 Å². The molecule has 0 saturated heterocycles. The van der Waals surface area contributed by atoms with E-state index >= 15 is 0 Å². The van der Waals surface area contributed by atoms with Gasteiger partial charge < -0.3 is 28.4 Å². The van der Waals surface area contributed by atoms with E-state index in [0.717, 1.165) is 67.8 Å². The maximum absolute atomic E-state index is 12.8. The van der Waals surface area contributed by atoms with E-state index in [2.05, 4.69) is 13.2 Å². The van der Waals surface area contributed by atoms with Crippen LogP contribution in [0.4, 0.5) is 0 Å². The highest BCUT2D eigenvalue weighted by molar-refractivity contribution is 5.82. The molecular formula is C52H50O8. The Kier molecular flexibility index (Phi) is 13.2. The Hall–Kier alpha value is -7.06. The number of benzene rings is 6. The fraction of sp³-hybridized carbons (Fsp3) is 0.192. The van der Waals surface area contributed by atoms with Crippen molar-refractivity contribution in [2.75, 3.05) is 0 Å². The van der Waals surface area contributed by atoms with Gasteiger partial charge in [0, 0.05) is 23.3 Å². The van der Waals surface area contributed by atoms with Crippen LogP contribution in [0.15, 0.2) is 159 Å². The molecule has 6 aromatic rings. The summed E-state index contributed by atoms with van der Waals surface area (Å²) in [5.74, 6) is -3.02. The van der Waals surface area contributed by atoms with Crippen LogP contribution in [0, 0.1) is 27.7 Å². The molecule has 6 rings (SSSR count). The molecule has 8 heteroatoms. The van der Waals surface area contributed by atoms with Gasteiger partial charge in [0.05, 0.1) is 12.8 Å². The monoisotopic (exact) mass is 802 g/mol. The molecule has 0 aliphatic heterocycles. The van der Waals surface area contributed by atoms with Gasteiger partial charge in [-0.3, -0.25) is 0 Å². The molecule has 0 aromatic heterocycles. The largest absolute Gasteiger partial charge is 0.420 e. The molecule has 0 bridgehead atoms. The quantitative estimate of drug-likeness (QED) is 0.0512. The lowest BCUT2D eigenvalue weighted by Crippen LogP contribution is -2.46. The molecule has 0 fully saturated rings. The third kappa shape index (κ3) is 9.62. The molecule has 0 N–H and O–H groups in total. The number of carbonyl (C=O) groups excluding carboxylic acids is 2. The standard InChI is InChI=1S/C52H50O8/c1-9-47(53)57-51(11-3,55-45-29-21-19-27-43(45)39-23-15-13-16-24-39)59-49-35(5)31-41(32-36(49)6)42-33-37(7)50(38(8)34-42)60-52(12-4,58-48(54)10-2)56-46-30-22-20-28-44(46)40-25-17-14-18-26-40/h9-10,13-34H,1-2,11-12H2,3-8H3. The second kappa shape index (κ2) is 18.7. The first-order chi connectivity index (χ1) is 28.9. The Morgan fingerprint density at radius 3 is 1.10 bits per heavy atom. The zero-order valence-corrected chi connectivity index (χ0v) is 35.0. The van der Waals surface area contributed by atoms with E-state index in [4.69, 9.17) is 28.4 Å². The minimum absolute atomic E-state index is 0.166. The molecular weight excluding hydrogens is 753 g/mol. The molecule has 2 unspecified atom stereocenters. The van der Waals surface area contributed by atoms with Gasteiger partial charge in [0.2, 0.25) is 0 Å². The summed E-state index contributed by atoms with van der Waals surface area (Å²) < 4.78 is 38.2.